The highest BCUT2D eigenvalue weighted by molar-refractivity contribution is 5.71. The van der Waals surface area contributed by atoms with Crippen LogP contribution in [0.15, 0.2) is 0 Å². The van der Waals surface area contributed by atoms with Crippen LogP contribution in [-0.2, 0) is 14.3 Å². The Bertz CT molecular complexity index is 421. The van der Waals surface area contributed by atoms with Crippen molar-refractivity contribution >= 4 is 11.9 Å². The third-order valence-corrected chi connectivity index (χ3v) is 6.19. The van der Waals surface area contributed by atoms with Crippen LogP contribution in [0, 0.1) is 5.92 Å². The van der Waals surface area contributed by atoms with E-state index < -0.39 is 11.9 Å². The minimum atomic E-state index is -0.759. The van der Waals surface area contributed by atoms with Crippen LogP contribution >= 0.6 is 0 Å². The van der Waals surface area contributed by atoms with Crippen molar-refractivity contribution in [3.05, 3.63) is 0 Å². The first-order valence-electron chi connectivity index (χ1n) is 13.4. The number of hydrogen-bond donors (Lipinski definition) is 1. The SMILES string of the molecule is CCCCCCCCCCCC(=O)OC(C)CC(CCCCCCCCCC)C(=O)O. The summed E-state index contributed by atoms with van der Waals surface area (Å²) in [6, 6.07) is 0. The first-order valence-corrected chi connectivity index (χ1v) is 13.4. The van der Waals surface area contributed by atoms with Crippen LogP contribution in [0.3, 0.4) is 0 Å². The molecule has 0 aliphatic heterocycles. The van der Waals surface area contributed by atoms with Crippen molar-refractivity contribution in [2.75, 3.05) is 0 Å². The molecule has 31 heavy (non-hydrogen) atoms. The first kappa shape index (κ1) is 29.9. The molecule has 0 aromatic heterocycles. The monoisotopic (exact) mass is 440 g/mol. The average molecular weight is 441 g/mol. The smallest absolute Gasteiger partial charge is 0.306 e. The van der Waals surface area contributed by atoms with Gasteiger partial charge in [-0.3, -0.25) is 9.59 Å². The molecule has 0 aliphatic carbocycles. The third kappa shape index (κ3) is 20.6. The molecule has 0 aromatic carbocycles. The lowest BCUT2D eigenvalue weighted by atomic mass is 9.95. The molecule has 2 atom stereocenters. The van der Waals surface area contributed by atoms with Crippen LogP contribution in [0.2, 0.25) is 0 Å². The molecule has 2 unspecified atom stereocenters. The molecule has 0 heterocycles. The number of esters is 1. The van der Waals surface area contributed by atoms with Gasteiger partial charge in [0.05, 0.1) is 12.0 Å². The van der Waals surface area contributed by atoms with Gasteiger partial charge in [-0.2, -0.15) is 0 Å². The molecule has 184 valence electrons. The van der Waals surface area contributed by atoms with E-state index in [4.69, 9.17) is 4.74 Å². The number of rotatable bonds is 23. The average Bonchev–Trinajstić information content (AvgIpc) is 2.73. The zero-order valence-corrected chi connectivity index (χ0v) is 21.0. The van der Waals surface area contributed by atoms with Crippen LogP contribution in [0.1, 0.15) is 149 Å². The summed E-state index contributed by atoms with van der Waals surface area (Å²) < 4.78 is 5.48. The van der Waals surface area contributed by atoms with E-state index in [1.807, 2.05) is 6.92 Å². The maximum atomic E-state index is 12.0. The Balaban J connectivity index is 3.79. The molecular formula is C27H52O4. The highest BCUT2D eigenvalue weighted by Crippen LogP contribution is 2.20. The Morgan fingerprint density at radius 3 is 1.55 bits per heavy atom. The molecule has 0 amide bonds. The van der Waals surface area contributed by atoms with Gasteiger partial charge in [0.15, 0.2) is 0 Å². The van der Waals surface area contributed by atoms with Crippen LogP contribution in [-0.4, -0.2) is 23.1 Å². The van der Waals surface area contributed by atoms with Crippen LogP contribution in [0.4, 0.5) is 0 Å². The van der Waals surface area contributed by atoms with Gasteiger partial charge in [0.25, 0.3) is 0 Å². The fourth-order valence-electron chi connectivity index (χ4n) is 4.18. The first-order chi connectivity index (χ1) is 15.0. The second-order valence-electron chi connectivity index (χ2n) is 9.41. The normalized spacial score (nSPS) is 13.1. The Labute approximate surface area is 192 Å². The molecule has 0 spiro atoms. The van der Waals surface area contributed by atoms with Crippen LogP contribution in [0.5, 0.6) is 0 Å². The maximum absolute atomic E-state index is 12.0. The standard InChI is InChI=1S/C27H52O4/c1-4-6-8-10-12-14-16-18-20-22-26(28)31-24(3)23-25(27(29)30)21-19-17-15-13-11-9-7-5-2/h24-25H,4-23H2,1-3H3,(H,29,30). The number of carboxylic acid groups (broad SMARTS) is 1. The number of unbranched alkanes of at least 4 members (excludes halogenated alkanes) is 15. The van der Waals surface area contributed by atoms with Crippen molar-refractivity contribution in [2.24, 2.45) is 5.92 Å². The van der Waals surface area contributed by atoms with E-state index >= 15 is 0 Å². The predicted octanol–water partition coefficient (Wildman–Crippen LogP) is 8.46. The van der Waals surface area contributed by atoms with Gasteiger partial charge in [-0.25, -0.2) is 0 Å². The van der Waals surface area contributed by atoms with E-state index in [-0.39, 0.29) is 12.1 Å². The Morgan fingerprint density at radius 1 is 0.677 bits per heavy atom. The molecule has 0 rings (SSSR count). The van der Waals surface area contributed by atoms with E-state index in [1.54, 1.807) is 0 Å². The molecule has 0 aliphatic rings. The molecule has 0 aromatic rings. The van der Waals surface area contributed by atoms with Crippen molar-refractivity contribution < 1.29 is 19.4 Å². The molecule has 0 saturated heterocycles. The topological polar surface area (TPSA) is 63.6 Å². The molecule has 1 N–H and O–H groups in total. The molecule has 4 nitrogen and oxygen atoms in total. The van der Waals surface area contributed by atoms with Gasteiger partial charge in [-0.05, 0) is 26.2 Å². The maximum Gasteiger partial charge on any atom is 0.306 e. The summed E-state index contributed by atoms with van der Waals surface area (Å²) in [5.41, 5.74) is 0. The van der Waals surface area contributed by atoms with Crippen LogP contribution in [0.25, 0.3) is 0 Å². The Morgan fingerprint density at radius 2 is 1.10 bits per heavy atom. The van der Waals surface area contributed by atoms with Crippen molar-refractivity contribution in [2.45, 2.75) is 155 Å². The summed E-state index contributed by atoms with van der Waals surface area (Å²) in [7, 11) is 0. The lowest BCUT2D eigenvalue weighted by Gasteiger charge is -2.18. The van der Waals surface area contributed by atoms with Crippen LogP contribution < -0.4 is 0 Å². The zero-order valence-electron chi connectivity index (χ0n) is 21.0. The molecule has 0 saturated carbocycles. The molecule has 0 fully saturated rings. The fraction of sp³-hybridized carbons (Fsp3) is 0.926. The number of carboxylic acids is 1. The zero-order chi connectivity index (χ0) is 23.2. The van der Waals surface area contributed by atoms with Crippen molar-refractivity contribution in [1.29, 1.82) is 0 Å². The molecule has 0 bridgehead atoms. The molecular weight excluding hydrogens is 388 g/mol. The summed E-state index contributed by atoms with van der Waals surface area (Å²) in [5, 5.41) is 9.51. The van der Waals surface area contributed by atoms with Gasteiger partial charge in [0.2, 0.25) is 0 Å². The predicted molar refractivity (Wildman–Crippen MR) is 130 cm³/mol. The lowest BCUT2D eigenvalue weighted by molar-refractivity contribution is -0.152. The minimum absolute atomic E-state index is 0.174. The quantitative estimate of drug-likeness (QED) is 0.128. The van der Waals surface area contributed by atoms with Crippen molar-refractivity contribution in [3.63, 3.8) is 0 Å². The largest absolute Gasteiger partial charge is 0.481 e. The van der Waals surface area contributed by atoms with Gasteiger partial charge < -0.3 is 9.84 Å². The Kier molecular flexibility index (Phi) is 21.4. The van der Waals surface area contributed by atoms with Gasteiger partial charge in [0, 0.05) is 6.42 Å². The minimum Gasteiger partial charge on any atom is -0.481 e. The van der Waals surface area contributed by atoms with E-state index in [1.165, 1.54) is 83.5 Å². The van der Waals surface area contributed by atoms with Gasteiger partial charge in [0.1, 0.15) is 0 Å². The summed E-state index contributed by atoms with van der Waals surface area (Å²) in [5.74, 6) is -1.34. The van der Waals surface area contributed by atoms with Crippen molar-refractivity contribution in [3.8, 4) is 0 Å². The van der Waals surface area contributed by atoms with E-state index in [0.717, 1.165) is 25.7 Å². The second-order valence-corrected chi connectivity index (χ2v) is 9.41. The second kappa shape index (κ2) is 22.1. The van der Waals surface area contributed by atoms with Gasteiger partial charge in [-0.1, -0.05) is 117 Å². The number of carbonyl (C=O) groups excluding carboxylic acids is 1. The summed E-state index contributed by atoms with van der Waals surface area (Å²) in [4.78, 5) is 23.6. The van der Waals surface area contributed by atoms with Gasteiger partial charge in [-0.15, -0.1) is 0 Å². The van der Waals surface area contributed by atoms with E-state index in [0.29, 0.717) is 19.3 Å². The van der Waals surface area contributed by atoms with Gasteiger partial charge >= 0.3 is 11.9 Å². The lowest BCUT2D eigenvalue weighted by Crippen LogP contribution is -2.23. The summed E-state index contributed by atoms with van der Waals surface area (Å²) in [6.07, 6.45) is 21.9. The number of aliphatic carboxylic acids is 1. The number of ether oxygens (including phenoxy) is 1. The Hall–Kier alpha value is -1.06. The third-order valence-electron chi connectivity index (χ3n) is 6.19. The fourth-order valence-corrected chi connectivity index (χ4v) is 4.18. The number of hydrogen-bond acceptors (Lipinski definition) is 3. The van der Waals surface area contributed by atoms with E-state index in [9.17, 15) is 14.7 Å². The highest BCUT2D eigenvalue weighted by Gasteiger charge is 2.22. The summed E-state index contributed by atoms with van der Waals surface area (Å²) in [6.45, 7) is 6.29. The molecule has 0 radical (unpaired) electrons. The highest BCUT2D eigenvalue weighted by atomic mass is 16.5. The summed E-state index contributed by atoms with van der Waals surface area (Å²) >= 11 is 0. The number of carbonyl (C=O) groups is 2. The molecule has 4 heteroatoms. The van der Waals surface area contributed by atoms with E-state index in [2.05, 4.69) is 13.8 Å². The van der Waals surface area contributed by atoms with Crippen molar-refractivity contribution in [1.82, 2.24) is 0 Å².